The molecule has 0 atom stereocenters. The Labute approximate surface area is 113 Å². The van der Waals surface area contributed by atoms with Gasteiger partial charge in [-0.05, 0) is 6.07 Å². The zero-order valence-electron chi connectivity index (χ0n) is 9.67. The summed E-state index contributed by atoms with van der Waals surface area (Å²) < 4.78 is 12.8. The second kappa shape index (κ2) is 8.86. The molecule has 2 N–H and O–H groups in total. The maximum Gasteiger partial charge on any atom is 0.214 e. The predicted octanol–water partition coefficient (Wildman–Crippen LogP) is 2.09. The highest BCUT2D eigenvalue weighted by Gasteiger charge is 2.03. The van der Waals surface area contributed by atoms with E-state index in [9.17, 15) is 4.39 Å². The fraction of sp³-hybridized carbons (Fsp3) is 0.300. The summed E-state index contributed by atoms with van der Waals surface area (Å²) in [6, 6.07) is 2.85. The molecule has 0 amide bonds. The van der Waals surface area contributed by atoms with Gasteiger partial charge in [0.2, 0.25) is 5.95 Å². The van der Waals surface area contributed by atoms with Crippen LogP contribution in [0.25, 0.3) is 0 Å². The summed E-state index contributed by atoms with van der Waals surface area (Å²) in [6.07, 6.45) is 2.54. The highest BCUT2D eigenvalue weighted by molar-refractivity contribution is 8.93. The zero-order chi connectivity index (χ0) is 11.3. The maximum atomic E-state index is 12.8. The normalized spacial score (nSPS) is 11.2. The van der Waals surface area contributed by atoms with Crippen molar-refractivity contribution in [1.82, 2.24) is 4.98 Å². The van der Waals surface area contributed by atoms with Gasteiger partial charge in [-0.15, -0.1) is 17.0 Å². The number of aliphatic imine (C=N–C) groups is 2. The quantitative estimate of drug-likeness (QED) is 0.393. The Kier molecular flexibility index (Phi) is 9.46. The first-order valence-corrected chi connectivity index (χ1v) is 4.58. The minimum Gasteiger partial charge on any atom is -0.390 e. The van der Waals surface area contributed by atoms with E-state index in [2.05, 4.69) is 15.0 Å². The molecule has 0 saturated carbocycles. The molecule has 4 nitrogen and oxygen atoms in total. The van der Waals surface area contributed by atoms with Gasteiger partial charge in [0.15, 0.2) is 0 Å². The van der Waals surface area contributed by atoms with Crippen LogP contribution in [0.3, 0.4) is 0 Å². The molecule has 1 aromatic heterocycles. The summed E-state index contributed by atoms with van der Waals surface area (Å²) in [5.74, 6) is 0.125. The van der Waals surface area contributed by atoms with Crippen molar-refractivity contribution in [1.29, 1.82) is 0 Å². The molecular formula is C10H14BBrFN4. The van der Waals surface area contributed by atoms with Crippen molar-refractivity contribution in [2.45, 2.75) is 13.8 Å². The average Bonchev–Trinajstić information content (AvgIpc) is 2.17. The second-order valence-corrected chi connectivity index (χ2v) is 3.24. The molecule has 1 heterocycles. The monoisotopic (exact) mass is 299 g/mol. The van der Waals surface area contributed by atoms with Crippen LogP contribution in [0, 0.1) is 11.9 Å². The third-order valence-corrected chi connectivity index (χ3v) is 1.68. The first kappa shape index (κ1) is 18.1. The number of amidine groups is 1. The third-order valence-electron chi connectivity index (χ3n) is 1.68. The maximum absolute atomic E-state index is 12.8. The predicted molar refractivity (Wildman–Crippen MR) is 74.9 cm³/mol. The molecule has 0 aliphatic rings. The summed E-state index contributed by atoms with van der Waals surface area (Å²) in [5, 5.41) is 0. The minimum absolute atomic E-state index is 0. The van der Waals surface area contributed by atoms with Crippen LogP contribution in [0.2, 0.25) is 0 Å². The molecule has 0 unspecified atom stereocenters. The van der Waals surface area contributed by atoms with Gasteiger partial charge >= 0.3 is 0 Å². The van der Waals surface area contributed by atoms with Crippen molar-refractivity contribution in [3.05, 3.63) is 24.3 Å². The Balaban J connectivity index is 0. The molecule has 17 heavy (non-hydrogen) atoms. The molecule has 1 aromatic rings. The summed E-state index contributed by atoms with van der Waals surface area (Å²) in [6.45, 7) is 3.87. The van der Waals surface area contributed by atoms with Gasteiger partial charge in [-0.25, -0.2) is 15.0 Å². The number of rotatable bonds is 2. The minimum atomic E-state index is -0.559. The highest BCUT2D eigenvalue weighted by atomic mass is 79.9. The van der Waals surface area contributed by atoms with Crippen molar-refractivity contribution in [2.24, 2.45) is 21.6 Å². The molecule has 7 heteroatoms. The molecule has 0 aliphatic carbocycles. The van der Waals surface area contributed by atoms with E-state index >= 15 is 0 Å². The SMILES string of the molecule is Br.CC(C)C(N=CN)=Nc1ccnc(F)c1.[B]. The van der Waals surface area contributed by atoms with E-state index in [1.54, 1.807) is 6.07 Å². The fourth-order valence-corrected chi connectivity index (χ4v) is 0.977. The molecule has 0 spiro atoms. The molecular weight excluding hydrogens is 286 g/mol. The van der Waals surface area contributed by atoms with Gasteiger partial charge < -0.3 is 5.73 Å². The lowest BCUT2D eigenvalue weighted by Gasteiger charge is -2.03. The van der Waals surface area contributed by atoms with Crippen LogP contribution in [0.4, 0.5) is 10.1 Å². The Morgan fingerprint density at radius 2 is 2.18 bits per heavy atom. The number of pyridine rings is 1. The zero-order valence-corrected chi connectivity index (χ0v) is 11.4. The number of halogens is 2. The first-order chi connectivity index (χ1) is 7.13. The van der Waals surface area contributed by atoms with Crippen molar-refractivity contribution in [3.8, 4) is 0 Å². The van der Waals surface area contributed by atoms with Gasteiger partial charge in [0, 0.05) is 26.6 Å². The molecule has 0 aromatic carbocycles. The van der Waals surface area contributed by atoms with Crippen LogP contribution in [-0.4, -0.2) is 25.6 Å². The van der Waals surface area contributed by atoms with E-state index in [0.29, 0.717) is 11.5 Å². The van der Waals surface area contributed by atoms with Gasteiger partial charge in [0.1, 0.15) is 5.84 Å². The van der Waals surface area contributed by atoms with Crippen molar-refractivity contribution >= 4 is 43.3 Å². The van der Waals surface area contributed by atoms with Gasteiger partial charge in [-0.3, -0.25) is 0 Å². The summed E-state index contributed by atoms with van der Waals surface area (Å²) in [4.78, 5) is 11.5. The van der Waals surface area contributed by atoms with Crippen LogP contribution in [0.1, 0.15) is 13.8 Å². The van der Waals surface area contributed by atoms with E-state index in [1.165, 1.54) is 18.6 Å². The van der Waals surface area contributed by atoms with E-state index in [1.807, 2.05) is 13.8 Å². The molecule has 91 valence electrons. The summed E-state index contributed by atoms with van der Waals surface area (Å²) in [7, 11) is 0. The number of aromatic nitrogens is 1. The standard InChI is InChI=1S/C10H13FN4.B.BrH/c1-7(2)10(14-6-12)15-8-3-4-13-9(11)5-8;;/h3-7H,1-2H3,(H2,12,13,14,15);;1H. The van der Waals surface area contributed by atoms with Gasteiger partial charge in [0.05, 0.1) is 12.0 Å². The van der Waals surface area contributed by atoms with Gasteiger partial charge in [0.25, 0.3) is 0 Å². The highest BCUT2D eigenvalue weighted by Crippen LogP contribution is 2.13. The Morgan fingerprint density at radius 3 is 2.65 bits per heavy atom. The molecule has 0 fully saturated rings. The van der Waals surface area contributed by atoms with Crippen molar-refractivity contribution in [3.63, 3.8) is 0 Å². The average molecular weight is 300 g/mol. The lowest BCUT2D eigenvalue weighted by molar-refractivity contribution is 0.584. The van der Waals surface area contributed by atoms with Gasteiger partial charge in [-0.2, -0.15) is 4.39 Å². The second-order valence-electron chi connectivity index (χ2n) is 3.24. The van der Waals surface area contributed by atoms with Gasteiger partial charge in [-0.1, -0.05) is 13.8 Å². The molecule has 0 bridgehead atoms. The molecule has 0 aliphatic heterocycles. The van der Waals surface area contributed by atoms with Crippen LogP contribution in [0.5, 0.6) is 0 Å². The van der Waals surface area contributed by atoms with Crippen molar-refractivity contribution < 1.29 is 4.39 Å². The summed E-state index contributed by atoms with van der Waals surface area (Å²) in [5.41, 5.74) is 5.67. The largest absolute Gasteiger partial charge is 0.390 e. The summed E-state index contributed by atoms with van der Waals surface area (Å²) >= 11 is 0. The number of hydrogen-bond acceptors (Lipinski definition) is 2. The molecule has 0 saturated heterocycles. The first-order valence-electron chi connectivity index (χ1n) is 4.58. The fourth-order valence-electron chi connectivity index (χ4n) is 0.977. The molecule has 3 radical (unpaired) electrons. The van der Waals surface area contributed by atoms with E-state index in [-0.39, 0.29) is 31.3 Å². The van der Waals surface area contributed by atoms with Crippen LogP contribution >= 0.6 is 17.0 Å². The van der Waals surface area contributed by atoms with Crippen LogP contribution in [-0.2, 0) is 0 Å². The topological polar surface area (TPSA) is 63.6 Å². The lowest BCUT2D eigenvalue weighted by atomic mass is 10.2. The van der Waals surface area contributed by atoms with Crippen molar-refractivity contribution in [2.75, 3.05) is 0 Å². The van der Waals surface area contributed by atoms with E-state index in [0.717, 1.165) is 0 Å². The van der Waals surface area contributed by atoms with Crippen LogP contribution in [0.15, 0.2) is 28.3 Å². The van der Waals surface area contributed by atoms with Crippen LogP contribution < -0.4 is 5.73 Å². The Hall–Kier alpha value is -1.24. The Morgan fingerprint density at radius 1 is 1.53 bits per heavy atom. The number of nitrogens with zero attached hydrogens (tertiary/aromatic N) is 3. The van der Waals surface area contributed by atoms with E-state index in [4.69, 9.17) is 5.73 Å². The van der Waals surface area contributed by atoms with E-state index < -0.39 is 5.95 Å². The molecule has 1 rings (SSSR count). The smallest absolute Gasteiger partial charge is 0.214 e. The Bertz CT molecular complexity index is 396. The lowest BCUT2D eigenvalue weighted by Crippen LogP contribution is -2.06. The third kappa shape index (κ3) is 6.16. The number of hydrogen-bond donors (Lipinski definition) is 1. The number of nitrogens with two attached hydrogens (primary N) is 1.